The van der Waals surface area contributed by atoms with Crippen LogP contribution < -0.4 is 0 Å². The Morgan fingerprint density at radius 3 is 1.75 bits per heavy atom. The minimum absolute atomic E-state index is 0.00318. The molecular weight excluding hydrogens is 714 g/mol. The average Bonchev–Trinajstić information content (AvgIpc) is 3.61. The summed E-state index contributed by atoms with van der Waals surface area (Å²) in [5, 5.41) is -5.09. The average molecular weight is 765 g/mol. The minimum atomic E-state index is -6.02. The van der Waals surface area contributed by atoms with Crippen LogP contribution in [0.4, 0.5) is 8.78 Å². The molecule has 292 valence electrons. The summed E-state index contributed by atoms with van der Waals surface area (Å²) < 4.78 is 91.9. The van der Waals surface area contributed by atoms with Crippen molar-refractivity contribution in [1.82, 2.24) is 0 Å². The summed E-state index contributed by atoms with van der Waals surface area (Å²) in [4.78, 5) is 40.6. The largest absolute Gasteiger partial charge is 0.465 e. The lowest BCUT2D eigenvalue weighted by atomic mass is 9.49. The van der Waals surface area contributed by atoms with Crippen LogP contribution in [0.25, 0.3) is 0 Å². The fourth-order valence-electron chi connectivity index (χ4n) is 16.2. The zero-order chi connectivity index (χ0) is 36.6. The highest BCUT2D eigenvalue weighted by molar-refractivity contribution is 7.87. The van der Waals surface area contributed by atoms with Gasteiger partial charge in [0.05, 0.1) is 10.8 Å². The number of ether oxygens (including phenoxy) is 5. The first-order chi connectivity index (χ1) is 25.0. The van der Waals surface area contributed by atoms with Crippen LogP contribution in [0.5, 0.6) is 0 Å². The molecule has 0 amide bonds. The Morgan fingerprint density at radius 2 is 1.17 bits per heavy atom. The number of fused-ring (bicyclic) bond motifs is 2. The maximum atomic E-state index is 14.4. The molecule has 9 unspecified atom stereocenters. The van der Waals surface area contributed by atoms with Crippen LogP contribution in [0.1, 0.15) is 109 Å². The molecule has 53 heavy (non-hydrogen) atoms. The molecule has 11 nitrogen and oxygen atoms in total. The first-order valence-corrected chi connectivity index (χ1v) is 21.8. The van der Waals surface area contributed by atoms with E-state index in [0.717, 1.165) is 44.4 Å². The molecule has 0 aromatic carbocycles. The molecular formula is C39H50F2O11S. The smallest absolute Gasteiger partial charge is 0.462 e. The molecule has 1 N–H and O–H groups in total. The highest BCUT2D eigenvalue weighted by atomic mass is 32.2. The molecule has 12 saturated carbocycles. The molecule has 2 spiro atoms. The fourth-order valence-corrected chi connectivity index (χ4v) is 16.5. The van der Waals surface area contributed by atoms with E-state index in [9.17, 15) is 31.6 Å². The van der Waals surface area contributed by atoms with Gasteiger partial charge in [-0.2, -0.15) is 17.2 Å². The van der Waals surface area contributed by atoms with Gasteiger partial charge in [0.1, 0.15) is 31.0 Å². The highest BCUT2D eigenvalue weighted by Crippen LogP contribution is 2.79. The topological polar surface area (TPSA) is 152 Å². The summed E-state index contributed by atoms with van der Waals surface area (Å²) in [5.74, 6) is -0.992. The van der Waals surface area contributed by atoms with E-state index < -0.39 is 67.6 Å². The normalized spacial score (nSPS) is 53.2. The summed E-state index contributed by atoms with van der Waals surface area (Å²) >= 11 is 0. The van der Waals surface area contributed by atoms with Crippen LogP contribution in [0.2, 0.25) is 0 Å². The highest BCUT2D eigenvalue weighted by Gasteiger charge is 2.74. The van der Waals surface area contributed by atoms with Crippen LogP contribution in [0.3, 0.4) is 0 Å². The quantitative estimate of drug-likeness (QED) is 0.178. The minimum Gasteiger partial charge on any atom is -0.462 e. The molecule has 0 radical (unpaired) electrons. The second-order valence-electron chi connectivity index (χ2n) is 20.4. The second-order valence-corrected chi connectivity index (χ2v) is 21.8. The van der Waals surface area contributed by atoms with E-state index in [2.05, 4.69) is 0 Å². The van der Waals surface area contributed by atoms with Crippen molar-refractivity contribution in [1.29, 1.82) is 0 Å². The molecule has 1 heterocycles. The van der Waals surface area contributed by atoms with Crippen molar-refractivity contribution in [3.05, 3.63) is 0 Å². The van der Waals surface area contributed by atoms with Crippen LogP contribution in [0, 0.1) is 69.5 Å². The van der Waals surface area contributed by atoms with Crippen molar-refractivity contribution < 1.29 is 59.8 Å². The standard InChI is InChI=1S/C39H50F2O11S/c40-39(41,53(45,46)47)33(44)52-36-12-23-4-27(15-36)38(28(5-23)16-36)50-29(17-48-31(42)34-8-20-1-21(9-34)3-22(2-20)10-34)30(51-38)18-49-32(43)35-11-24-6-25-7-26(14-35)37(25,13-24)19-35/h20-30H,1-19H2,(H,45,46,47). The molecule has 9 atom stereocenters. The third-order valence-electron chi connectivity index (χ3n) is 17.4. The number of hydrogen-bond acceptors (Lipinski definition) is 10. The second kappa shape index (κ2) is 10.7. The van der Waals surface area contributed by atoms with Crippen molar-refractivity contribution in [2.75, 3.05) is 13.2 Å². The zero-order valence-corrected chi connectivity index (χ0v) is 30.8. The molecule has 13 aliphatic rings. The predicted molar refractivity (Wildman–Crippen MR) is 177 cm³/mol. The number of carbonyl (C=O) groups excluding carboxylic acids is 3. The van der Waals surface area contributed by atoms with Gasteiger partial charge in [-0.25, -0.2) is 4.79 Å². The molecule has 0 aromatic rings. The van der Waals surface area contributed by atoms with Gasteiger partial charge in [0.2, 0.25) is 0 Å². The van der Waals surface area contributed by atoms with Gasteiger partial charge in [0.25, 0.3) is 0 Å². The first kappa shape index (κ1) is 34.4. The summed E-state index contributed by atoms with van der Waals surface area (Å²) in [5.41, 5.74) is -1.96. The van der Waals surface area contributed by atoms with Crippen molar-refractivity contribution >= 4 is 28.0 Å². The number of alkyl halides is 2. The summed E-state index contributed by atoms with van der Waals surface area (Å²) in [7, 11) is -6.02. The Balaban J connectivity index is 0.833. The van der Waals surface area contributed by atoms with E-state index in [-0.39, 0.29) is 43.9 Å². The first-order valence-electron chi connectivity index (χ1n) is 20.3. The maximum Gasteiger partial charge on any atom is 0.465 e. The van der Waals surface area contributed by atoms with Crippen LogP contribution in [0.15, 0.2) is 0 Å². The zero-order valence-electron chi connectivity index (χ0n) is 30.0. The van der Waals surface area contributed by atoms with Crippen LogP contribution in [-0.2, 0) is 48.2 Å². The fraction of sp³-hybridized carbons (Fsp3) is 0.923. The lowest BCUT2D eigenvalue weighted by Gasteiger charge is -2.62. The van der Waals surface area contributed by atoms with Gasteiger partial charge in [0.15, 0.2) is 5.79 Å². The molecule has 0 aromatic heterocycles. The Morgan fingerprint density at radius 1 is 0.642 bits per heavy atom. The maximum absolute atomic E-state index is 14.4. The van der Waals surface area contributed by atoms with Crippen LogP contribution >= 0.6 is 0 Å². The molecule has 13 fully saturated rings. The Bertz CT molecular complexity index is 1710. The van der Waals surface area contributed by atoms with Gasteiger partial charge >= 0.3 is 33.3 Å². The third-order valence-corrected chi connectivity index (χ3v) is 18.2. The Kier molecular flexibility index (Phi) is 6.96. The third kappa shape index (κ3) is 4.70. The van der Waals surface area contributed by atoms with Gasteiger partial charge < -0.3 is 23.7 Å². The molecule has 1 aliphatic heterocycles. The Hall–Kier alpha value is -1.90. The predicted octanol–water partition coefficient (Wildman–Crippen LogP) is 5.59. The van der Waals surface area contributed by atoms with Crippen molar-refractivity contribution in [3.63, 3.8) is 0 Å². The summed E-state index contributed by atoms with van der Waals surface area (Å²) in [6, 6.07) is 0. The van der Waals surface area contributed by atoms with E-state index in [1.54, 1.807) is 0 Å². The summed E-state index contributed by atoms with van der Waals surface area (Å²) in [6.07, 6.45) is 12.8. The van der Waals surface area contributed by atoms with E-state index >= 15 is 0 Å². The van der Waals surface area contributed by atoms with Crippen LogP contribution in [-0.4, -0.2) is 72.9 Å². The van der Waals surface area contributed by atoms with Gasteiger partial charge in [0, 0.05) is 11.8 Å². The van der Waals surface area contributed by atoms with Gasteiger partial charge in [-0.3, -0.25) is 14.1 Å². The lowest BCUT2D eigenvalue weighted by molar-refractivity contribution is -0.326. The van der Waals surface area contributed by atoms with Gasteiger partial charge in [-0.1, -0.05) is 0 Å². The van der Waals surface area contributed by atoms with E-state index in [1.807, 2.05) is 0 Å². The number of carbonyl (C=O) groups is 3. The lowest BCUT2D eigenvalue weighted by Crippen LogP contribution is -2.66. The Labute approximate surface area is 308 Å². The SMILES string of the molecule is O=C(OCC1OC2(OC1COC(=O)C13CC4CC5CC(C1)C5(C4)C3)C1CC3CC2CC(OC(=O)C(F)(F)S(=O)(=O)O)(C3)C1)C12CC3CC(CC(C3)C1)C2. The van der Waals surface area contributed by atoms with Crippen molar-refractivity contribution in [2.45, 2.75) is 138 Å². The molecule has 11 bridgehead atoms. The van der Waals surface area contributed by atoms with E-state index in [4.69, 9.17) is 28.2 Å². The van der Waals surface area contributed by atoms with E-state index in [0.29, 0.717) is 54.3 Å². The number of hydrogen-bond donors (Lipinski definition) is 1. The molecule has 14 heteroatoms. The summed E-state index contributed by atoms with van der Waals surface area (Å²) in [6.45, 7) is -0.120. The molecule has 13 rings (SSSR count). The molecule has 1 saturated heterocycles. The molecule has 12 aliphatic carbocycles. The number of rotatable bonds is 9. The van der Waals surface area contributed by atoms with Gasteiger partial charge in [-0.05, 0) is 156 Å². The van der Waals surface area contributed by atoms with Crippen molar-refractivity contribution in [2.24, 2.45) is 69.5 Å². The number of esters is 3. The van der Waals surface area contributed by atoms with Crippen molar-refractivity contribution in [3.8, 4) is 0 Å². The monoisotopic (exact) mass is 764 g/mol. The van der Waals surface area contributed by atoms with E-state index in [1.165, 1.54) is 38.5 Å². The number of halogens is 2. The van der Waals surface area contributed by atoms with Gasteiger partial charge in [-0.15, -0.1) is 0 Å².